The number of carbonyl (C=O) groups excluding carboxylic acids is 4. The zero-order valence-corrected chi connectivity index (χ0v) is 17.7. The van der Waals surface area contributed by atoms with Crippen molar-refractivity contribution >= 4 is 29.4 Å². The van der Waals surface area contributed by atoms with Gasteiger partial charge < -0.3 is 29.7 Å². The summed E-state index contributed by atoms with van der Waals surface area (Å²) in [4.78, 5) is 48.2. The molecule has 0 aliphatic heterocycles. The molecule has 0 bridgehead atoms. The van der Waals surface area contributed by atoms with Crippen molar-refractivity contribution in [3.8, 4) is 17.2 Å². The standard InChI is InChI=1S/C20H23N3O8/c1-9(24)15-10(2)31-20(16(15)18(21)26)23-14(25)8-22-19(27)11-6-12(28-3)17(30-5)13(7-11)29-4/h6-7H,8H2,1-5H3,(H2,21,26)(H,22,27)(H,23,25). The number of hydrogen-bond donors (Lipinski definition) is 3. The number of carbonyl (C=O) groups is 4. The molecular weight excluding hydrogens is 410 g/mol. The summed E-state index contributed by atoms with van der Waals surface area (Å²) < 4.78 is 20.9. The number of Topliss-reactive ketones (excluding diaryl/α,β-unsaturated/α-hetero) is 1. The maximum absolute atomic E-state index is 12.5. The molecule has 11 heteroatoms. The van der Waals surface area contributed by atoms with Crippen LogP contribution in [-0.2, 0) is 4.79 Å². The molecule has 0 spiro atoms. The lowest BCUT2D eigenvalue weighted by atomic mass is 10.1. The molecule has 0 saturated carbocycles. The Labute approximate surface area is 177 Å². The van der Waals surface area contributed by atoms with Crippen LogP contribution in [0.25, 0.3) is 0 Å². The molecule has 0 fully saturated rings. The number of furan rings is 1. The number of anilines is 1. The fourth-order valence-electron chi connectivity index (χ4n) is 2.94. The molecule has 0 aliphatic rings. The summed E-state index contributed by atoms with van der Waals surface area (Å²) in [6.07, 6.45) is 0. The van der Waals surface area contributed by atoms with Gasteiger partial charge in [0.25, 0.3) is 11.8 Å². The maximum Gasteiger partial charge on any atom is 0.255 e. The van der Waals surface area contributed by atoms with E-state index in [0.29, 0.717) is 5.75 Å². The number of benzene rings is 1. The van der Waals surface area contributed by atoms with E-state index in [0.717, 1.165) is 0 Å². The van der Waals surface area contributed by atoms with Crippen molar-refractivity contribution in [3.05, 3.63) is 34.6 Å². The molecule has 0 unspecified atom stereocenters. The Hall–Kier alpha value is -4.02. The number of rotatable bonds is 9. The first kappa shape index (κ1) is 23.3. The summed E-state index contributed by atoms with van der Waals surface area (Å²) in [5.41, 5.74) is 5.24. The molecule has 1 aromatic heterocycles. The number of nitrogens with two attached hydrogens (primary N) is 1. The van der Waals surface area contributed by atoms with Crippen molar-refractivity contribution < 1.29 is 37.8 Å². The molecule has 166 valence electrons. The predicted molar refractivity (Wildman–Crippen MR) is 109 cm³/mol. The average Bonchev–Trinajstić information content (AvgIpc) is 3.06. The minimum Gasteiger partial charge on any atom is -0.493 e. The molecule has 2 rings (SSSR count). The van der Waals surface area contributed by atoms with Gasteiger partial charge in [-0.1, -0.05) is 0 Å². The molecule has 2 aromatic rings. The van der Waals surface area contributed by atoms with E-state index in [-0.39, 0.29) is 39.8 Å². The highest BCUT2D eigenvalue weighted by Crippen LogP contribution is 2.38. The minimum absolute atomic E-state index is 0.00995. The Balaban J connectivity index is 2.16. The van der Waals surface area contributed by atoms with Gasteiger partial charge in [0.1, 0.15) is 11.3 Å². The summed E-state index contributed by atoms with van der Waals surface area (Å²) >= 11 is 0. The smallest absolute Gasteiger partial charge is 0.255 e. The van der Waals surface area contributed by atoms with Crippen molar-refractivity contribution in [1.82, 2.24) is 5.32 Å². The highest BCUT2D eigenvalue weighted by Gasteiger charge is 2.26. The molecule has 1 heterocycles. The molecule has 0 aliphatic carbocycles. The van der Waals surface area contributed by atoms with Gasteiger partial charge in [-0.15, -0.1) is 0 Å². The Bertz CT molecular complexity index is 1020. The van der Waals surface area contributed by atoms with Crippen LogP contribution >= 0.6 is 0 Å². The molecular formula is C20H23N3O8. The summed E-state index contributed by atoms with van der Waals surface area (Å²) in [5.74, 6) is -1.94. The van der Waals surface area contributed by atoms with E-state index < -0.39 is 30.0 Å². The number of amides is 3. The lowest BCUT2D eigenvalue weighted by Gasteiger charge is -2.14. The summed E-state index contributed by atoms with van der Waals surface area (Å²) in [6, 6.07) is 2.85. The van der Waals surface area contributed by atoms with Crippen molar-refractivity contribution in [2.45, 2.75) is 13.8 Å². The average molecular weight is 433 g/mol. The molecule has 1 aromatic carbocycles. The number of methoxy groups -OCH3 is 3. The van der Waals surface area contributed by atoms with Crippen molar-refractivity contribution in [3.63, 3.8) is 0 Å². The third-order valence-corrected chi connectivity index (χ3v) is 4.27. The van der Waals surface area contributed by atoms with Crippen LogP contribution in [-0.4, -0.2) is 51.4 Å². The van der Waals surface area contributed by atoms with Gasteiger partial charge in [-0.25, -0.2) is 0 Å². The number of ether oxygens (including phenoxy) is 3. The Kier molecular flexibility index (Phi) is 7.24. The fraction of sp³-hybridized carbons (Fsp3) is 0.300. The van der Waals surface area contributed by atoms with E-state index in [4.69, 9.17) is 24.4 Å². The van der Waals surface area contributed by atoms with Crippen molar-refractivity contribution in [2.75, 3.05) is 33.2 Å². The Morgan fingerprint density at radius 2 is 1.58 bits per heavy atom. The molecule has 0 atom stereocenters. The predicted octanol–water partition coefficient (Wildman–Crippen LogP) is 1.28. The topological polar surface area (TPSA) is 159 Å². The van der Waals surface area contributed by atoms with Crippen LogP contribution in [0.15, 0.2) is 16.5 Å². The number of ketones is 1. The zero-order chi connectivity index (χ0) is 23.3. The Morgan fingerprint density at radius 1 is 1.00 bits per heavy atom. The third-order valence-electron chi connectivity index (χ3n) is 4.27. The molecule has 4 N–H and O–H groups in total. The first-order valence-corrected chi connectivity index (χ1v) is 8.96. The lowest BCUT2D eigenvalue weighted by molar-refractivity contribution is -0.115. The quantitative estimate of drug-likeness (QED) is 0.499. The van der Waals surface area contributed by atoms with Crippen molar-refractivity contribution in [1.29, 1.82) is 0 Å². The molecule has 3 amide bonds. The van der Waals surface area contributed by atoms with Gasteiger partial charge in [0, 0.05) is 5.56 Å². The third kappa shape index (κ3) is 4.94. The van der Waals surface area contributed by atoms with Gasteiger partial charge in [-0.05, 0) is 26.0 Å². The van der Waals surface area contributed by atoms with Gasteiger partial charge in [-0.3, -0.25) is 24.5 Å². The maximum atomic E-state index is 12.5. The molecule has 11 nitrogen and oxygen atoms in total. The largest absolute Gasteiger partial charge is 0.493 e. The normalized spacial score (nSPS) is 10.2. The summed E-state index contributed by atoms with van der Waals surface area (Å²) in [7, 11) is 4.24. The van der Waals surface area contributed by atoms with Gasteiger partial charge in [0.2, 0.25) is 17.5 Å². The van der Waals surface area contributed by atoms with Gasteiger partial charge >= 0.3 is 0 Å². The van der Waals surface area contributed by atoms with E-state index >= 15 is 0 Å². The first-order chi connectivity index (χ1) is 14.6. The van der Waals surface area contributed by atoms with E-state index in [2.05, 4.69) is 10.6 Å². The van der Waals surface area contributed by atoms with E-state index in [9.17, 15) is 19.2 Å². The van der Waals surface area contributed by atoms with Crippen LogP contribution in [0, 0.1) is 6.92 Å². The number of nitrogens with one attached hydrogen (secondary N) is 2. The van der Waals surface area contributed by atoms with Crippen LogP contribution in [0.2, 0.25) is 0 Å². The molecule has 31 heavy (non-hydrogen) atoms. The van der Waals surface area contributed by atoms with Gasteiger partial charge in [0.15, 0.2) is 17.3 Å². The molecule has 0 saturated heterocycles. The van der Waals surface area contributed by atoms with Crippen LogP contribution < -0.4 is 30.6 Å². The van der Waals surface area contributed by atoms with Gasteiger partial charge in [-0.2, -0.15) is 0 Å². The van der Waals surface area contributed by atoms with Crippen LogP contribution in [0.3, 0.4) is 0 Å². The summed E-state index contributed by atoms with van der Waals surface area (Å²) in [6.45, 7) is 2.25. The highest BCUT2D eigenvalue weighted by molar-refractivity contribution is 6.12. The second-order valence-corrected chi connectivity index (χ2v) is 6.30. The SMILES string of the molecule is COc1cc(C(=O)NCC(=O)Nc2oc(C)c(C(C)=O)c2C(N)=O)cc(OC)c1OC. The fourth-order valence-corrected chi connectivity index (χ4v) is 2.94. The number of aryl methyl sites for hydroxylation is 1. The Morgan fingerprint density at radius 3 is 2.03 bits per heavy atom. The van der Waals surface area contributed by atoms with Crippen LogP contribution in [0.1, 0.15) is 43.8 Å². The van der Waals surface area contributed by atoms with Crippen LogP contribution in [0.5, 0.6) is 17.2 Å². The molecule has 0 radical (unpaired) electrons. The highest BCUT2D eigenvalue weighted by atomic mass is 16.5. The monoisotopic (exact) mass is 433 g/mol. The second kappa shape index (κ2) is 9.65. The zero-order valence-electron chi connectivity index (χ0n) is 17.7. The minimum atomic E-state index is -0.932. The van der Waals surface area contributed by atoms with Crippen molar-refractivity contribution in [2.24, 2.45) is 5.73 Å². The first-order valence-electron chi connectivity index (χ1n) is 8.96. The van der Waals surface area contributed by atoms with E-state index in [1.165, 1.54) is 47.3 Å². The lowest BCUT2D eigenvalue weighted by Crippen LogP contribution is -2.33. The number of primary amides is 1. The van der Waals surface area contributed by atoms with E-state index in [1.54, 1.807) is 0 Å². The van der Waals surface area contributed by atoms with E-state index in [1.807, 2.05) is 0 Å². The summed E-state index contributed by atoms with van der Waals surface area (Å²) in [5, 5.41) is 4.76. The second-order valence-electron chi connectivity index (χ2n) is 6.30. The number of hydrogen-bond acceptors (Lipinski definition) is 8. The van der Waals surface area contributed by atoms with Crippen LogP contribution in [0.4, 0.5) is 5.88 Å². The van der Waals surface area contributed by atoms with Gasteiger partial charge in [0.05, 0.1) is 33.4 Å².